The molecule has 0 rings (SSSR count). The molecule has 0 atom stereocenters. The van der Waals surface area contributed by atoms with Gasteiger partial charge in [-0.3, -0.25) is 14.6 Å². The normalized spacial score (nSPS) is 12.6. The maximum absolute atomic E-state index is 11.6. The molecule has 0 unspecified atom stereocenters. The maximum atomic E-state index is 11.6. The zero-order chi connectivity index (χ0) is 15.1. The van der Waals surface area contributed by atoms with Crippen molar-refractivity contribution in [3.05, 3.63) is 0 Å². The molecule has 7 heteroatoms. The summed E-state index contributed by atoms with van der Waals surface area (Å²) < 4.78 is 5.09. The minimum Gasteiger partial charge on any atom is -0.595 e. The summed E-state index contributed by atoms with van der Waals surface area (Å²) in [7, 11) is 0. The lowest BCUT2D eigenvalue weighted by molar-refractivity contribution is -0.260. The van der Waals surface area contributed by atoms with Gasteiger partial charge < -0.3 is 9.84 Å². The molecule has 0 radical (unpaired) electrons. The number of aliphatic imine (C=N–C) groups is 1. The van der Waals surface area contributed by atoms with Crippen LogP contribution in [0.5, 0.6) is 0 Å². The molecule has 0 aromatic rings. The van der Waals surface area contributed by atoms with Gasteiger partial charge in [0.1, 0.15) is 6.08 Å². The predicted octanol–water partition coefficient (Wildman–Crippen LogP) is 1.45. The molecule has 0 aromatic heterocycles. The van der Waals surface area contributed by atoms with Crippen molar-refractivity contribution in [3.63, 3.8) is 0 Å². The van der Waals surface area contributed by atoms with Crippen molar-refractivity contribution < 1.29 is 19.4 Å². The Bertz CT molecular complexity index is 332. The number of carbonyl (C=O) groups is 2. The summed E-state index contributed by atoms with van der Waals surface area (Å²) in [6.45, 7) is 8.17. The van der Waals surface area contributed by atoms with Crippen LogP contribution < -0.4 is 5.11 Å². The Labute approximate surface area is 122 Å². The van der Waals surface area contributed by atoms with Gasteiger partial charge in [0.05, 0.1) is 6.04 Å². The highest BCUT2D eigenvalue weighted by Crippen LogP contribution is 2.14. The highest BCUT2D eigenvalue weighted by molar-refractivity contribution is 8.14. The lowest BCUT2D eigenvalue weighted by Crippen LogP contribution is -2.33. The Morgan fingerprint density at radius 2 is 1.58 bits per heavy atom. The molecule has 5 nitrogen and oxygen atoms in total. The second-order valence-corrected chi connectivity index (χ2v) is 7.26. The number of nitrogens with zero attached hydrogens (tertiary/aromatic N) is 1. The van der Waals surface area contributed by atoms with Crippen molar-refractivity contribution in [1.82, 2.24) is 0 Å². The third-order valence-corrected chi connectivity index (χ3v) is 3.56. The van der Waals surface area contributed by atoms with E-state index in [2.05, 4.69) is 4.99 Å². The molecular formula is C12H20NO4S2-. The van der Waals surface area contributed by atoms with Crippen LogP contribution in [0.2, 0.25) is 0 Å². The van der Waals surface area contributed by atoms with Gasteiger partial charge in [-0.25, -0.2) is 0 Å². The van der Waals surface area contributed by atoms with Gasteiger partial charge in [0, 0.05) is 31.0 Å². The number of thioether (sulfide) groups is 2. The van der Waals surface area contributed by atoms with Crippen molar-refractivity contribution >= 4 is 39.8 Å². The number of carbonyl (C=O) groups excluding carboxylic acids is 2. The summed E-state index contributed by atoms with van der Waals surface area (Å²) in [6, 6.07) is -0.405. The van der Waals surface area contributed by atoms with E-state index in [1.165, 1.54) is 13.8 Å². The molecule has 0 saturated carbocycles. The number of hydrogen-bond acceptors (Lipinski definition) is 7. The molecule has 0 saturated heterocycles. The van der Waals surface area contributed by atoms with Gasteiger partial charge >= 0.3 is 0 Å². The van der Waals surface area contributed by atoms with Gasteiger partial charge in [-0.2, -0.15) is 0 Å². The van der Waals surface area contributed by atoms with Crippen LogP contribution in [0.25, 0.3) is 0 Å². The zero-order valence-corrected chi connectivity index (χ0v) is 13.5. The summed E-state index contributed by atoms with van der Waals surface area (Å²) >= 11 is 2.17. The second kappa shape index (κ2) is 8.47. The molecule has 0 aromatic carbocycles. The fourth-order valence-corrected chi connectivity index (χ4v) is 2.38. The van der Waals surface area contributed by atoms with Crippen molar-refractivity contribution in [2.75, 3.05) is 11.5 Å². The monoisotopic (exact) mass is 306 g/mol. The largest absolute Gasteiger partial charge is 0.595 e. The van der Waals surface area contributed by atoms with Gasteiger partial charge in [0.2, 0.25) is 0 Å². The molecular weight excluding hydrogens is 286 g/mol. The van der Waals surface area contributed by atoms with Crippen molar-refractivity contribution in [2.45, 2.75) is 46.3 Å². The summed E-state index contributed by atoms with van der Waals surface area (Å²) in [4.78, 5) is 25.8. The van der Waals surface area contributed by atoms with Crippen LogP contribution in [0.1, 0.15) is 34.6 Å². The van der Waals surface area contributed by atoms with Gasteiger partial charge in [-0.1, -0.05) is 44.3 Å². The SMILES string of the molecule is CC(=O)SCC(CSC(C)=O)N=C([O-])OC(C)(C)C. The van der Waals surface area contributed by atoms with E-state index < -0.39 is 17.7 Å². The molecule has 0 fully saturated rings. The Kier molecular flexibility index (Phi) is 8.17. The highest BCUT2D eigenvalue weighted by Gasteiger charge is 2.12. The van der Waals surface area contributed by atoms with E-state index in [4.69, 9.17) is 4.74 Å². The first-order chi connectivity index (χ1) is 8.60. The molecule has 0 aliphatic rings. The summed E-state index contributed by atoms with van der Waals surface area (Å²) in [5.41, 5.74) is -0.605. The first-order valence-corrected chi connectivity index (χ1v) is 7.78. The zero-order valence-electron chi connectivity index (χ0n) is 11.9. The Hall–Kier alpha value is -0.690. The number of hydrogen-bond donors (Lipinski definition) is 0. The molecule has 0 aliphatic carbocycles. The summed E-state index contributed by atoms with van der Waals surface area (Å²) in [5, 5.41) is 11.5. The minimum absolute atomic E-state index is 0.0442. The number of rotatable bonds is 5. The van der Waals surface area contributed by atoms with E-state index in [1.54, 1.807) is 20.8 Å². The van der Waals surface area contributed by atoms with Crippen LogP contribution in [-0.2, 0) is 14.3 Å². The lowest BCUT2D eigenvalue weighted by atomic mass is 10.2. The van der Waals surface area contributed by atoms with E-state index in [0.29, 0.717) is 11.5 Å². The quantitative estimate of drug-likeness (QED) is 0.565. The van der Waals surface area contributed by atoms with Crippen LogP contribution in [0.4, 0.5) is 0 Å². The second-order valence-electron chi connectivity index (χ2n) is 4.87. The Morgan fingerprint density at radius 1 is 1.16 bits per heavy atom. The first kappa shape index (κ1) is 18.3. The van der Waals surface area contributed by atoms with E-state index in [-0.39, 0.29) is 10.2 Å². The van der Waals surface area contributed by atoms with Gasteiger partial charge in [-0.05, 0) is 0 Å². The minimum atomic E-state index is -0.661. The van der Waals surface area contributed by atoms with Crippen molar-refractivity contribution in [3.8, 4) is 0 Å². The van der Waals surface area contributed by atoms with E-state index in [9.17, 15) is 14.7 Å². The standard InChI is InChI=1S/C12H21NO4S2/c1-8(14)18-6-10(7-19-9(2)15)13-11(16)17-12(3,4)5/h10H,6-7H2,1-5H3,(H,13,16)/p-1. The molecule has 0 amide bonds. The highest BCUT2D eigenvalue weighted by atomic mass is 32.2. The third kappa shape index (κ3) is 12.1. The summed E-state index contributed by atoms with van der Waals surface area (Å²) in [5.74, 6) is 0.740. The average Bonchev–Trinajstić information content (AvgIpc) is 2.18. The predicted molar refractivity (Wildman–Crippen MR) is 78.3 cm³/mol. The fourth-order valence-electron chi connectivity index (χ4n) is 0.987. The Balaban J connectivity index is 4.57. The Morgan fingerprint density at radius 3 is 1.89 bits per heavy atom. The molecule has 0 spiro atoms. The average molecular weight is 306 g/mol. The van der Waals surface area contributed by atoms with Crippen molar-refractivity contribution in [2.24, 2.45) is 4.99 Å². The van der Waals surface area contributed by atoms with Gasteiger partial charge in [-0.15, -0.1) is 0 Å². The van der Waals surface area contributed by atoms with Crippen LogP contribution in [-0.4, -0.2) is 39.5 Å². The lowest BCUT2D eigenvalue weighted by Gasteiger charge is -2.30. The first-order valence-electron chi connectivity index (χ1n) is 5.80. The van der Waals surface area contributed by atoms with Crippen LogP contribution in [0.15, 0.2) is 4.99 Å². The molecule has 110 valence electrons. The topological polar surface area (TPSA) is 78.8 Å². The third-order valence-electron chi connectivity index (χ3n) is 1.64. The van der Waals surface area contributed by atoms with Gasteiger partial charge in [0.25, 0.3) is 0 Å². The van der Waals surface area contributed by atoms with Crippen LogP contribution >= 0.6 is 23.5 Å². The molecule has 0 bridgehead atoms. The smallest absolute Gasteiger partial charge is 0.185 e. The number of ether oxygens (including phenoxy) is 1. The molecule has 19 heavy (non-hydrogen) atoms. The molecule has 0 heterocycles. The molecule has 0 N–H and O–H groups in total. The van der Waals surface area contributed by atoms with E-state index in [1.807, 2.05) is 0 Å². The molecule has 0 aliphatic heterocycles. The van der Waals surface area contributed by atoms with Crippen molar-refractivity contribution in [1.29, 1.82) is 0 Å². The van der Waals surface area contributed by atoms with Crippen LogP contribution in [0, 0.1) is 0 Å². The van der Waals surface area contributed by atoms with E-state index >= 15 is 0 Å². The maximum Gasteiger partial charge on any atom is 0.185 e. The summed E-state index contributed by atoms with van der Waals surface area (Å²) in [6.07, 6.45) is -0.661. The van der Waals surface area contributed by atoms with Crippen LogP contribution in [0.3, 0.4) is 0 Å². The fraction of sp³-hybridized carbons (Fsp3) is 0.750. The van der Waals surface area contributed by atoms with Gasteiger partial charge in [0.15, 0.2) is 10.2 Å². The van der Waals surface area contributed by atoms with E-state index in [0.717, 1.165) is 23.5 Å².